The quantitative estimate of drug-likeness (QED) is 0.0587. The third-order valence-electron chi connectivity index (χ3n) is 14.4. The molecule has 3 aromatic carbocycles. The minimum Gasteiger partial charge on any atom is -0.508 e. The van der Waals surface area contributed by atoms with Crippen LogP contribution in [0.2, 0.25) is 0 Å². The van der Waals surface area contributed by atoms with E-state index in [9.17, 15) is 28.7 Å². The van der Waals surface area contributed by atoms with Gasteiger partial charge in [0.25, 0.3) is 6.47 Å². The van der Waals surface area contributed by atoms with Crippen LogP contribution in [0.15, 0.2) is 53.5 Å². The van der Waals surface area contributed by atoms with Crippen LogP contribution in [-0.4, -0.2) is 131 Å². The van der Waals surface area contributed by atoms with E-state index >= 15 is 4.39 Å². The summed E-state index contributed by atoms with van der Waals surface area (Å²) in [6, 6.07) is 12.6. The molecule has 0 radical (unpaired) electrons. The van der Waals surface area contributed by atoms with Crippen LogP contribution in [0.4, 0.5) is 14.6 Å². The molecule has 380 valence electrons. The second-order valence-corrected chi connectivity index (χ2v) is 18.7. The summed E-state index contributed by atoms with van der Waals surface area (Å²) in [5.41, 5.74) is 2.48. The molecule has 4 fully saturated rings. The van der Waals surface area contributed by atoms with Crippen LogP contribution < -0.4 is 31.3 Å². The van der Waals surface area contributed by atoms with Crippen molar-refractivity contribution in [3.8, 4) is 35.4 Å². The number of carbonyl (C=O) groups excluding carboxylic acids is 3. The first-order valence-electron chi connectivity index (χ1n) is 24.6. The maximum Gasteiger partial charge on any atom is 0.329 e. The fourth-order valence-electron chi connectivity index (χ4n) is 11.0. The summed E-state index contributed by atoms with van der Waals surface area (Å²) in [6.45, 7) is 4.72. The number of likely N-dealkylation sites (N-methyl/N-ethyl adjacent to an activating group) is 1. The summed E-state index contributed by atoms with van der Waals surface area (Å²) in [7, 11) is 6.60. The summed E-state index contributed by atoms with van der Waals surface area (Å²) >= 11 is 0. The number of methoxy groups -OCH3 is 1. The number of hydrogen-bond donors (Lipinski definition) is 4. The fraction of sp³-hybridized carbons (Fsp3) is 0.453. The molecule has 0 aliphatic carbocycles. The number of nitrogens with one attached hydrogen (secondary N) is 3. The molecule has 4 aliphatic rings. The van der Waals surface area contributed by atoms with Gasteiger partial charge in [0.15, 0.2) is 5.82 Å². The van der Waals surface area contributed by atoms with Gasteiger partial charge in [-0.1, -0.05) is 24.1 Å². The van der Waals surface area contributed by atoms with Crippen molar-refractivity contribution in [2.75, 3.05) is 58.9 Å². The van der Waals surface area contributed by atoms with Crippen molar-refractivity contribution in [3.63, 3.8) is 0 Å². The summed E-state index contributed by atoms with van der Waals surface area (Å²) in [6.07, 6.45) is 17.5. The molecule has 17 nitrogen and oxygen atoms in total. The molecule has 7 heterocycles. The molecule has 2 bridgehead atoms. The molecule has 0 spiro atoms. The van der Waals surface area contributed by atoms with E-state index in [1.165, 1.54) is 81.4 Å². The first-order valence-corrected chi connectivity index (χ1v) is 24.6. The van der Waals surface area contributed by atoms with Gasteiger partial charge in [0.05, 0.1) is 29.1 Å². The summed E-state index contributed by atoms with van der Waals surface area (Å²) in [5, 5.41) is 20.8. The number of aryl methyl sites for hydroxylation is 2. The van der Waals surface area contributed by atoms with Crippen molar-refractivity contribution in [1.29, 1.82) is 0 Å². The summed E-state index contributed by atoms with van der Waals surface area (Å²) in [4.78, 5) is 63.8. The molecule has 4 saturated heterocycles. The number of pyridine rings is 1. The highest BCUT2D eigenvalue weighted by atomic mass is 19.1. The van der Waals surface area contributed by atoms with E-state index in [1.807, 2.05) is 25.2 Å². The highest BCUT2D eigenvalue weighted by Gasteiger charge is 2.37. The summed E-state index contributed by atoms with van der Waals surface area (Å²) < 4.78 is 43.9. The lowest BCUT2D eigenvalue weighted by molar-refractivity contribution is -0.130. The van der Waals surface area contributed by atoms with Crippen molar-refractivity contribution in [2.24, 2.45) is 7.05 Å². The smallest absolute Gasteiger partial charge is 0.329 e. The van der Waals surface area contributed by atoms with Gasteiger partial charge in [0.2, 0.25) is 5.91 Å². The maximum atomic E-state index is 16.1. The number of terminal acetylenes is 1. The van der Waals surface area contributed by atoms with Gasteiger partial charge in [0.1, 0.15) is 47.5 Å². The van der Waals surface area contributed by atoms with Gasteiger partial charge < -0.3 is 40.2 Å². The number of halogens is 2. The molecule has 4 aliphatic heterocycles. The van der Waals surface area contributed by atoms with E-state index in [2.05, 4.69) is 46.6 Å². The minimum absolute atomic E-state index is 0.0258. The van der Waals surface area contributed by atoms with Crippen LogP contribution in [0, 0.1) is 24.0 Å². The number of hydrogen-bond acceptors (Lipinski definition) is 14. The van der Waals surface area contributed by atoms with Crippen LogP contribution in [0.5, 0.6) is 11.8 Å². The van der Waals surface area contributed by atoms with Crippen molar-refractivity contribution in [1.82, 2.24) is 44.9 Å². The number of aldehydes is 1. The third kappa shape index (κ3) is 10.5. The van der Waals surface area contributed by atoms with Crippen LogP contribution >= 0.6 is 0 Å². The van der Waals surface area contributed by atoms with Crippen molar-refractivity contribution in [2.45, 2.75) is 94.4 Å². The predicted molar refractivity (Wildman–Crippen MR) is 271 cm³/mol. The Morgan fingerprint density at radius 3 is 2.57 bits per heavy atom. The third-order valence-corrected chi connectivity index (χ3v) is 14.4. The van der Waals surface area contributed by atoms with Crippen molar-refractivity contribution >= 4 is 57.2 Å². The lowest BCUT2D eigenvalue weighted by atomic mass is 9.96. The number of fused-ring (bicyclic) bond motifs is 6. The molecule has 1 amide bonds. The maximum absolute atomic E-state index is 16.1. The number of ether oxygens (including phenoxy) is 2. The van der Waals surface area contributed by atoms with E-state index < -0.39 is 17.7 Å². The molecule has 72 heavy (non-hydrogen) atoms. The van der Waals surface area contributed by atoms with Gasteiger partial charge in [-0.15, -0.1) is 6.42 Å². The Labute approximate surface area is 416 Å². The zero-order chi connectivity index (χ0) is 51.1. The molecule has 0 saturated carbocycles. The number of benzene rings is 3. The predicted octanol–water partition coefficient (Wildman–Crippen LogP) is 5.30. The Kier molecular flexibility index (Phi) is 16.4. The van der Waals surface area contributed by atoms with E-state index in [0.29, 0.717) is 54.2 Å². The number of para-hydroxylation sites is 1. The van der Waals surface area contributed by atoms with E-state index in [1.54, 1.807) is 11.6 Å². The second kappa shape index (κ2) is 23.0. The van der Waals surface area contributed by atoms with E-state index in [4.69, 9.17) is 15.9 Å². The monoisotopic (exact) mass is 988 g/mol. The Morgan fingerprint density at radius 2 is 1.86 bits per heavy atom. The molecular weight excluding hydrogens is 927 g/mol. The van der Waals surface area contributed by atoms with Gasteiger partial charge in [0, 0.05) is 74.9 Å². The van der Waals surface area contributed by atoms with Gasteiger partial charge in [-0.3, -0.25) is 28.6 Å². The van der Waals surface area contributed by atoms with Crippen LogP contribution in [0.3, 0.4) is 0 Å². The topological polar surface area (TPSA) is 198 Å². The van der Waals surface area contributed by atoms with Gasteiger partial charge >= 0.3 is 11.7 Å². The molecule has 5 atom stereocenters. The normalized spacial score (nSPS) is 19.5. The fourth-order valence-corrected chi connectivity index (χ4v) is 11.0. The minimum atomic E-state index is -0.735. The van der Waals surface area contributed by atoms with Crippen LogP contribution in [0.1, 0.15) is 75.0 Å². The number of rotatable bonds is 15. The lowest BCUT2D eigenvalue weighted by Crippen LogP contribution is -2.51. The Bertz CT molecular complexity index is 3050. The number of aromatic nitrogens is 5. The molecule has 6 aromatic rings. The Balaban J connectivity index is 0.000000162. The highest BCUT2D eigenvalue weighted by molar-refractivity contribution is 6.03. The van der Waals surface area contributed by atoms with Gasteiger partial charge in [-0.05, 0) is 113 Å². The molecule has 5 unspecified atom stereocenters. The number of piperazine rings is 1. The largest absolute Gasteiger partial charge is 0.508 e. The van der Waals surface area contributed by atoms with Gasteiger partial charge in [-0.25, -0.2) is 13.6 Å². The first-order chi connectivity index (χ1) is 34.9. The molecule has 19 heteroatoms. The Hall–Kier alpha value is -7.01. The van der Waals surface area contributed by atoms with Crippen molar-refractivity contribution < 1.29 is 37.7 Å². The standard InChI is InChI=1S/C26H21F2N5O2.C18H26N4O3.C9H15NO2/c1-3-17-20(27)7-4-13-8-16(34)9-18(21(13)17)23-22(28)24-19(10-29-23)25(32-26(31-24)35-2)33-11-14-5-6-15(12-33)30-14;1-19-11-5-8-13-7-4-9-14-16(13)21(3)18(25)22(14)15(10-6-12-23)17(24)20-2;11-7-12-6-9-4-3-8-2-1-5-10(8)9/h1,4,7-10,14-15,30,34H,5-6,11-12H2,2H3;4,7,9,12,15,19H,5-6,8,10-11H2,1-3H3,(H,20,24);7-9H,1-6H2. The number of carbonyl (C=O) groups is 3. The number of phenolic OH excluding ortho intramolecular Hbond substituents is 1. The first kappa shape index (κ1) is 51.3. The highest BCUT2D eigenvalue weighted by Crippen LogP contribution is 2.39. The molecule has 3 aromatic heterocycles. The summed E-state index contributed by atoms with van der Waals surface area (Å²) in [5.74, 6) is 1.16. The number of imidazole rings is 1. The number of amides is 1. The number of nitrogens with zero attached hydrogens (tertiary/aromatic N) is 7. The van der Waals surface area contributed by atoms with Gasteiger partial charge in [-0.2, -0.15) is 9.97 Å². The second-order valence-electron chi connectivity index (χ2n) is 18.7. The SMILES string of the molecule is C#Cc1c(F)ccc2cc(O)cc(-c3ncc4c(N5CC6CCC(C5)N6)nc(OC)nc4c3F)c12.CNCCCc1cccc2c1n(C)c(=O)n2C(CCC=O)C(=O)NC.O=COCC1CCC2CCCN21. The van der Waals surface area contributed by atoms with Crippen LogP contribution in [0.25, 0.3) is 44.0 Å². The average Bonchev–Trinajstić information content (AvgIpc) is 4.17. The molecule has 10 rings (SSSR count). The number of anilines is 1. The van der Waals surface area contributed by atoms with E-state index in [0.717, 1.165) is 74.2 Å². The van der Waals surface area contributed by atoms with E-state index in [-0.39, 0.29) is 57.5 Å². The van der Waals surface area contributed by atoms with Crippen LogP contribution in [-0.2, 0) is 32.6 Å². The number of aromatic hydroxyl groups is 1. The Morgan fingerprint density at radius 1 is 1.07 bits per heavy atom. The number of phenols is 1. The lowest BCUT2D eigenvalue weighted by Gasteiger charge is -2.34. The zero-order valence-corrected chi connectivity index (χ0v) is 41.1. The van der Waals surface area contributed by atoms with Crippen molar-refractivity contribution in [3.05, 3.63) is 81.9 Å². The molecular formula is C53H62F2N10O7. The zero-order valence-electron chi connectivity index (χ0n) is 41.1. The molecule has 4 N–H and O–H groups in total. The average molecular weight is 989 g/mol.